The van der Waals surface area contributed by atoms with E-state index in [4.69, 9.17) is 9.40 Å². The average Bonchev–Trinajstić information content (AvgIpc) is 3.64. The van der Waals surface area contributed by atoms with Gasteiger partial charge in [-0.25, -0.2) is 0 Å². The molecule has 0 radical (unpaired) electrons. The normalized spacial score (nSPS) is 11.6. The van der Waals surface area contributed by atoms with Gasteiger partial charge in [0, 0.05) is 38.4 Å². The van der Waals surface area contributed by atoms with Crippen molar-refractivity contribution in [2.75, 3.05) is 0 Å². The molecule has 0 saturated heterocycles. The average molecular weight is 563 g/mol. The van der Waals surface area contributed by atoms with Crippen LogP contribution in [0.3, 0.4) is 0 Å². The van der Waals surface area contributed by atoms with Gasteiger partial charge in [0.2, 0.25) is 0 Å². The van der Waals surface area contributed by atoms with Gasteiger partial charge in [-0.1, -0.05) is 109 Å². The first-order valence-electron chi connectivity index (χ1n) is 14.9. The number of rotatable bonds is 4. The number of hydrogen-bond donors (Lipinski definition) is 0. The molecule has 0 spiro atoms. The first-order valence-corrected chi connectivity index (χ1v) is 14.9. The molecule has 3 nitrogen and oxygen atoms in total. The summed E-state index contributed by atoms with van der Waals surface area (Å²) >= 11 is 0. The van der Waals surface area contributed by atoms with Crippen molar-refractivity contribution < 1.29 is 4.42 Å². The molecule has 0 aliphatic rings. The monoisotopic (exact) mass is 562 g/mol. The highest BCUT2D eigenvalue weighted by Crippen LogP contribution is 2.40. The van der Waals surface area contributed by atoms with Gasteiger partial charge in [0.15, 0.2) is 0 Å². The summed E-state index contributed by atoms with van der Waals surface area (Å²) in [5.74, 6) is 0. The van der Waals surface area contributed by atoms with E-state index in [-0.39, 0.29) is 0 Å². The maximum absolute atomic E-state index is 6.09. The van der Waals surface area contributed by atoms with E-state index in [0.29, 0.717) is 0 Å². The van der Waals surface area contributed by atoms with Crippen molar-refractivity contribution >= 4 is 43.7 Å². The second-order valence-electron chi connectivity index (χ2n) is 11.2. The van der Waals surface area contributed by atoms with Gasteiger partial charge < -0.3 is 8.98 Å². The summed E-state index contributed by atoms with van der Waals surface area (Å²) in [5.41, 5.74) is 11.9. The summed E-state index contributed by atoms with van der Waals surface area (Å²) in [5, 5.41) is 4.60. The van der Waals surface area contributed by atoms with Crippen LogP contribution in [0.2, 0.25) is 0 Å². The third-order valence-corrected chi connectivity index (χ3v) is 8.66. The number of pyridine rings is 1. The molecule has 6 aromatic carbocycles. The smallest absolute Gasteiger partial charge is 0.135 e. The van der Waals surface area contributed by atoms with E-state index in [1.165, 1.54) is 38.5 Å². The van der Waals surface area contributed by atoms with Crippen LogP contribution in [0.15, 0.2) is 162 Å². The van der Waals surface area contributed by atoms with E-state index in [1.807, 2.05) is 18.3 Å². The van der Waals surface area contributed by atoms with Gasteiger partial charge in [0.1, 0.15) is 11.2 Å². The molecular weight excluding hydrogens is 536 g/mol. The van der Waals surface area contributed by atoms with Crippen LogP contribution in [0.1, 0.15) is 0 Å². The molecule has 0 atom stereocenters. The lowest BCUT2D eigenvalue weighted by molar-refractivity contribution is 0.669. The molecule has 9 rings (SSSR count). The molecule has 206 valence electrons. The summed E-state index contributed by atoms with van der Waals surface area (Å²) in [6, 6.07) is 53.4. The topological polar surface area (TPSA) is 31.0 Å². The molecule has 0 amide bonds. The molecular formula is C41H26N2O. The zero-order valence-corrected chi connectivity index (χ0v) is 23.8. The fourth-order valence-electron chi connectivity index (χ4n) is 6.56. The second kappa shape index (κ2) is 9.82. The Morgan fingerprint density at radius 2 is 1.11 bits per heavy atom. The summed E-state index contributed by atoms with van der Waals surface area (Å²) in [4.78, 5) is 5.05. The van der Waals surface area contributed by atoms with Gasteiger partial charge in [-0.3, -0.25) is 4.98 Å². The molecule has 3 heterocycles. The summed E-state index contributed by atoms with van der Waals surface area (Å²) in [6.07, 6.45) is 2.03. The Balaban J connectivity index is 1.28. The van der Waals surface area contributed by atoms with E-state index in [9.17, 15) is 0 Å². The molecule has 0 aliphatic carbocycles. The molecule has 3 heteroatoms. The molecule has 0 N–H and O–H groups in total. The first kappa shape index (κ1) is 24.6. The van der Waals surface area contributed by atoms with Gasteiger partial charge in [0.25, 0.3) is 0 Å². The maximum atomic E-state index is 6.09. The van der Waals surface area contributed by atoms with Crippen molar-refractivity contribution in [2.24, 2.45) is 0 Å². The van der Waals surface area contributed by atoms with Crippen molar-refractivity contribution in [2.45, 2.75) is 0 Å². The van der Waals surface area contributed by atoms with Crippen LogP contribution in [0, 0.1) is 0 Å². The molecule has 0 aliphatic heterocycles. The van der Waals surface area contributed by atoms with Crippen molar-refractivity contribution in [3.05, 3.63) is 158 Å². The molecule has 0 fully saturated rings. The summed E-state index contributed by atoms with van der Waals surface area (Å²) in [7, 11) is 0. The van der Waals surface area contributed by atoms with Gasteiger partial charge in [-0.2, -0.15) is 0 Å². The molecule has 44 heavy (non-hydrogen) atoms. The zero-order chi connectivity index (χ0) is 29.0. The first-order chi connectivity index (χ1) is 21.8. The Hall–Kier alpha value is -5.93. The van der Waals surface area contributed by atoms with Crippen LogP contribution >= 0.6 is 0 Å². The van der Waals surface area contributed by atoms with E-state index in [2.05, 4.69) is 144 Å². The lowest BCUT2D eigenvalue weighted by atomic mass is 10.0. The number of nitrogens with zero attached hydrogens (tertiary/aromatic N) is 2. The highest BCUT2D eigenvalue weighted by molar-refractivity contribution is 6.14. The fourth-order valence-corrected chi connectivity index (χ4v) is 6.56. The van der Waals surface area contributed by atoms with Crippen LogP contribution in [0.5, 0.6) is 0 Å². The Morgan fingerprint density at radius 1 is 0.455 bits per heavy atom. The molecule has 3 aromatic heterocycles. The van der Waals surface area contributed by atoms with Crippen LogP contribution in [-0.4, -0.2) is 9.55 Å². The van der Waals surface area contributed by atoms with E-state index in [1.54, 1.807) is 0 Å². The predicted octanol–water partition coefficient (Wildman–Crippen LogP) is 11.1. The number of para-hydroxylation sites is 2. The molecule has 0 unspecified atom stereocenters. The zero-order valence-electron chi connectivity index (χ0n) is 23.8. The van der Waals surface area contributed by atoms with Crippen molar-refractivity contribution in [3.8, 4) is 39.2 Å². The van der Waals surface area contributed by atoms with E-state index >= 15 is 0 Å². The maximum Gasteiger partial charge on any atom is 0.135 e. The number of hydrogen-bond acceptors (Lipinski definition) is 2. The number of benzene rings is 6. The number of furan rings is 1. The predicted molar refractivity (Wildman–Crippen MR) is 182 cm³/mol. The van der Waals surface area contributed by atoms with Gasteiger partial charge in [0.05, 0.1) is 22.9 Å². The van der Waals surface area contributed by atoms with Crippen molar-refractivity contribution in [1.29, 1.82) is 0 Å². The van der Waals surface area contributed by atoms with Crippen molar-refractivity contribution in [1.82, 2.24) is 9.55 Å². The summed E-state index contributed by atoms with van der Waals surface area (Å²) in [6.45, 7) is 0. The van der Waals surface area contributed by atoms with Gasteiger partial charge in [-0.15, -0.1) is 0 Å². The highest BCUT2D eigenvalue weighted by Gasteiger charge is 2.18. The van der Waals surface area contributed by atoms with E-state index in [0.717, 1.165) is 44.4 Å². The van der Waals surface area contributed by atoms with Crippen LogP contribution in [0.25, 0.3) is 82.9 Å². The SMILES string of the molecule is c1ccc(-c2ccc(-n3c4cnc(-c5ccc6oc7ccccc7c6c5)cc4c4cccc(-c5ccccc5)c43)cc2)cc1. The standard InChI is InChI=1S/C41H26N2O/c1-3-10-27(11-4-1)28-18-21-31(22-19-28)43-38-26-42-37(30-20-23-40-36(24-30)33-14-7-8-17-39(33)44-40)25-35(38)34-16-9-15-32(41(34)43)29-12-5-2-6-13-29/h1-26H. The Bertz CT molecular complexity index is 2470. The lowest BCUT2D eigenvalue weighted by Gasteiger charge is -2.12. The van der Waals surface area contributed by atoms with Crippen LogP contribution in [-0.2, 0) is 0 Å². The minimum Gasteiger partial charge on any atom is -0.456 e. The lowest BCUT2D eigenvalue weighted by Crippen LogP contribution is -1.96. The highest BCUT2D eigenvalue weighted by atomic mass is 16.3. The third kappa shape index (κ3) is 3.87. The molecule has 0 bridgehead atoms. The third-order valence-electron chi connectivity index (χ3n) is 8.66. The number of aromatic nitrogens is 2. The number of fused-ring (bicyclic) bond motifs is 6. The quantitative estimate of drug-likeness (QED) is 0.214. The Kier molecular flexibility index (Phi) is 5.50. The molecule has 0 saturated carbocycles. The van der Waals surface area contributed by atoms with Gasteiger partial charge >= 0.3 is 0 Å². The van der Waals surface area contributed by atoms with Gasteiger partial charge in [-0.05, 0) is 59.2 Å². The Morgan fingerprint density at radius 3 is 1.93 bits per heavy atom. The van der Waals surface area contributed by atoms with Crippen LogP contribution < -0.4 is 0 Å². The minimum absolute atomic E-state index is 0.888. The Labute approximate surface area is 254 Å². The molecule has 9 aromatic rings. The summed E-state index contributed by atoms with van der Waals surface area (Å²) < 4.78 is 8.46. The van der Waals surface area contributed by atoms with E-state index < -0.39 is 0 Å². The second-order valence-corrected chi connectivity index (χ2v) is 11.2. The van der Waals surface area contributed by atoms with Crippen LogP contribution in [0.4, 0.5) is 0 Å². The fraction of sp³-hybridized carbons (Fsp3) is 0. The minimum atomic E-state index is 0.888. The van der Waals surface area contributed by atoms with Crippen molar-refractivity contribution in [3.63, 3.8) is 0 Å². The largest absolute Gasteiger partial charge is 0.456 e.